The fraction of sp³-hybridized carbons (Fsp3) is 0.710. The number of hydrogen-bond acceptors (Lipinski definition) is 7. The number of likely N-dealkylation sites (tertiary alicyclic amines) is 1. The lowest BCUT2D eigenvalue weighted by Crippen LogP contribution is -2.56. The first-order valence-electron chi connectivity index (χ1n) is 15.4. The van der Waals surface area contributed by atoms with Crippen molar-refractivity contribution >= 4 is 23.7 Å². The van der Waals surface area contributed by atoms with E-state index in [4.69, 9.17) is 4.74 Å². The van der Waals surface area contributed by atoms with Crippen molar-refractivity contribution in [2.24, 2.45) is 11.8 Å². The highest BCUT2D eigenvalue weighted by Gasteiger charge is 2.41. The third-order valence-electron chi connectivity index (χ3n) is 8.12. The zero-order valence-corrected chi connectivity index (χ0v) is 25.8. The first-order valence-corrected chi connectivity index (χ1v) is 15.4. The van der Waals surface area contributed by atoms with Crippen molar-refractivity contribution in [3.63, 3.8) is 0 Å². The van der Waals surface area contributed by atoms with Crippen LogP contribution < -0.4 is 0 Å². The lowest BCUT2D eigenvalue weighted by atomic mass is 9.92. The SMILES string of the molecule is CC(C)CN(C(=O)c1nnn(C2=C3CCCC3=CCC2)c1CCCCO)[C@H]1C[C@@H](C(=O)O)CN(C(=O)OC(C)(C)C)C1. The molecule has 2 fully saturated rings. The van der Waals surface area contributed by atoms with Crippen LogP contribution in [0, 0.1) is 11.8 Å². The Morgan fingerprint density at radius 3 is 2.57 bits per heavy atom. The van der Waals surface area contributed by atoms with Crippen LogP contribution in [0.3, 0.4) is 0 Å². The van der Waals surface area contributed by atoms with E-state index < -0.39 is 29.6 Å². The predicted molar refractivity (Wildman–Crippen MR) is 158 cm³/mol. The maximum absolute atomic E-state index is 14.4. The normalized spacial score (nSPS) is 20.9. The van der Waals surface area contributed by atoms with Crippen LogP contribution in [0.5, 0.6) is 0 Å². The van der Waals surface area contributed by atoms with Crippen molar-refractivity contribution in [1.29, 1.82) is 0 Å². The fourth-order valence-electron chi connectivity index (χ4n) is 6.28. The molecule has 11 heteroatoms. The van der Waals surface area contributed by atoms with Gasteiger partial charge in [0.15, 0.2) is 5.69 Å². The number of nitrogens with zero attached hydrogens (tertiary/aromatic N) is 5. The van der Waals surface area contributed by atoms with E-state index in [0.717, 1.165) is 43.5 Å². The first-order chi connectivity index (χ1) is 19.9. The molecule has 0 bridgehead atoms. The molecule has 0 radical (unpaired) electrons. The molecule has 2 heterocycles. The molecule has 3 aliphatic rings. The second kappa shape index (κ2) is 13.4. The summed E-state index contributed by atoms with van der Waals surface area (Å²) in [6.45, 7) is 9.95. The van der Waals surface area contributed by atoms with Gasteiger partial charge in [-0.1, -0.05) is 25.1 Å². The maximum Gasteiger partial charge on any atom is 0.410 e. The number of rotatable bonds is 10. The van der Waals surface area contributed by atoms with Crippen molar-refractivity contribution in [3.05, 3.63) is 28.6 Å². The van der Waals surface area contributed by atoms with Crippen LogP contribution in [0.4, 0.5) is 4.79 Å². The molecule has 2 N–H and O–H groups in total. The number of amides is 2. The van der Waals surface area contributed by atoms with Crippen LogP contribution in [0.1, 0.15) is 102 Å². The Morgan fingerprint density at radius 1 is 1.14 bits per heavy atom. The molecule has 1 aromatic heterocycles. The monoisotopic (exact) mass is 585 g/mol. The molecule has 11 nitrogen and oxygen atoms in total. The van der Waals surface area contributed by atoms with E-state index in [0.29, 0.717) is 25.8 Å². The second-order valence-electron chi connectivity index (χ2n) is 13.2. The largest absolute Gasteiger partial charge is 0.481 e. The first kappa shape index (κ1) is 31.7. The summed E-state index contributed by atoms with van der Waals surface area (Å²) in [7, 11) is 0. The average Bonchev–Trinajstić information content (AvgIpc) is 3.57. The number of piperidine rings is 1. The van der Waals surface area contributed by atoms with E-state index in [-0.39, 0.29) is 43.6 Å². The van der Waals surface area contributed by atoms with E-state index in [2.05, 4.69) is 16.4 Å². The smallest absolute Gasteiger partial charge is 0.410 e. The van der Waals surface area contributed by atoms with Crippen LogP contribution in [-0.4, -0.2) is 90.9 Å². The molecule has 2 aliphatic carbocycles. The Labute approximate surface area is 248 Å². The van der Waals surface area contributed by atoms with Gasteiger partial charge in [0.1, 0.15) is 5.60 Å². The van der Waals surface area contributed by atoms with Gasteiger partial charge in [0.2, 0.25) is 0 Å². The van der Waals surface area contributed by atoms with Crippen molar-refractivity contribution in [2.75, 3.05) is 26.2 Å². The van der Waals surface area contributed by atoms with E-state index in [9.17, 15) is 24.6 Å². The third kappa shape index (κ3) is 7.40. The molecule has 0 aromatic carbocycles. The summed E-state index contributed by atoms with van der Waals surface area (Å²) >= 11 is 0. The number of carboxylic acid groups (broad SMARTS) is 1. The number of carboxylic acids is 1. The van der Waals surface area contributed by atoms with Gasteiger partial charge >= 0.3 is 12.1 Å². The summed E-state index contributed by atoms with van der Waals surface area (Å²) in [4.78, 5) is 42.7. The quantitative estimate of drug-likeness (QED) is 0.383. The molecule has 1 aliphatic heterocycles. The van der Waals surface area contributed by atoms with Crippen molar-refractivity contribution < 1.29 is 29.3 Å². The molecule has 0 unspecified atom stereocenters. The van der Waals surface area contributed by atoms with E-state index in [1.807, 2.05) is 18.5 Å². The molecule has 2 amide bonds. The topological polar surface area (TPSA) is 138 Å². The molecule has 2 atom stereocenters. The van der Waals surface area contributed by atoms with Crippen LogP contribution in [0.25, 0.3) is 5.70 Å². The summed E-state index contributed by atoms with van der Waals surface area (Å²) in [5.41, 5.74) is 4.03. The Bertz CT molecular complexity index is 1230. The zero-order chi connectivity index (χ0) is 30.6. The van der Waals surface area contributed by atoms with Crippen LogP contribution >= 0.6 is 0 Å². The van der Waals surface area contributed by atoms with E-state index >= 15 is 0 Å². The second-order valence-corrected chi connectivity index (χ2v) is 13.2. The minimum absolute atomic E-state index is 0.0276. The van der Waals surface area contributed by atoms with E-state index in [1.165, 1.54) is 16.0 Å². The molecule has 42 heavy (non-hydrogen) atoms. The number of hydrogen-bond donors (Lipinski definition) is 2. The molecule has 1 aromatic rings. The fourth-order valence-corrected chi connectivity index (χ4v) is 6.28. The standard InChI is InChI=1S/C31H47N5O6/c1-20(2)17-35(23-16-22(29(39)40)18-34(19-23)30(41)42-31(3,4)5)28(38)27-26(13-6-7-15-37)36(33-32-27)25-14-9-11-21-10-8-12-24(21)25/h11,20,22-23,37H,6-10,12-19H2,1-5H3,(H,39,40)/t22-,23+/m1/s1. The lowest BCUT2D eigenvalue weighted by molar-refractivity contribution is -0.144. The van der Waals surface area contributed by atoms with Crippen molar-refractivity contribution in [1.82, 2.24) is 24.8 Å². The highest BCUT2D eigenvalue weighted by molar-refractivity contribution is 5.94. The van der Waals surface area contributed by atoms with Gasteiger partial charge in [-0.2, -0.15) is 0 Å². The van der Waals surface area contributed by atoms with E-state index in [1.54, 1.807) is 25.7 Å². The number of carbonyl (C=O) groups is 3. The Morgan fingerprint density at radius 2 is 1.90 bits per heavy atom. The van der Waals surface area contributed by atoms with Crippen molar-refractivity contribution in [2.45, 2.75) is 104 Å². The third-order valence-corrected chi connectivity index (χ3v) is 8.12. The minimum atomic E-state index is -1.01. The molecule has 0 spiro atoms. The Hall–Kier alpha value is -3.21. The van der Waals surface area contributed by atoms with Crippen LogP contribution in [-0.2, 0) is 16.0 Å². The zero-order valence-electron chi connectivity index (χ0n) is 25.8. The summed E-state index contributed by atoms with van der Waals surface area (Å²) in [5, 5.41) is 28.4. The maximum atomic E-state index is 14.4. The van der Waals surface area contributed by atoms with Gasteiger partial charge in [0.25, 0.3) is 5.91 Å². The number of allylic oxidation sites excluding steroid dienone is 4. The lowest BCUT2D eigenvalue weighted by Gasteiger charge is -2.42. The summed E-state index contributed by atoms with van der Waals surface area (Å²) in [6.07, 6.45) is 8.65. The molecular formula is C31H47N5O6. The molecular weight excluding hydrogens is 538 g/mol. The van der Waals surface area contributed by atoms with Crippen LogP contribution in [0.2, 0.25) is 0 Å². The molecule has 232 valence electrons. The number of unbranched alkanes of at least 4 members (excludes halogenated alkanes) is 1. The Balaban J connectivity index is 1.70. The van der Waals surface area contributed by atoms with Gasteiger partial charge in [0.05, 0.1) is 17.7 Å². The van der Waals surface area contributed by atoms with Gasteiger partial charge in [0, 0.05) is 31.9 Å². The average molecular weight is 586 g/mol. The number of aliphatic carboxylic acids is 1. The summed E-state index contributed by atoms with van der Waals surface area (Å²) < 4.78 is 7.43. The van der Waals surface area contributed by atoms with Crippen molar-refractivity contribution in [3.8, 4) is 0 Å². The van der Waals surface area contributed by atoms with Gasteiger partial charge in [-0.15, -0.1) is 5.10 Å². The van der Waals surface area contributed by atoms with Gasteiger partial charge in [-0.25, -0.2) is 9.48 Å². The van der Waals surface area contributed by atoms with Crippen LogP contribution in [0.15, 0.2) is 17.2 Å². The van der Waals surface area contributed by atoms with Gasteiger partial charge in [-0.05, 0) is 95.6 Å². The molecule has 1 saturated carbocycles. The number of aromatic nitrogens is 3. The molecule has 4 rings (SSSR count). The van der Waals surface area contributed by atoms with Gasteiger partial charge in [-0.3, -0.25) is 9.59 Å². The predicted octanol–water partition coefficient (Wildman–Crippen LogP) is 4.52. The number of carbonyl (C=O) groups excluding carboxylic acids is 2. The summed E-state index contributed by atoms with van der Waals surface area (Å²) in [6, 6.07) is -0.529. The Kier molecular flexibility index (Phi) is 10.1. The highest BCUT2D eigenvalue weighted by Crippen LogP contribution is 2.40. The summed E-state index contributed by atoms with van der Waals surface area (Å²) in [5.74, 6) is -2.05. The number of aliphatic hydroxyl groups is 1. The highest BCUT2D eigenvalue weighted by atomic mass is 16.6. The minimum Gasteiger partial charge on any atom is -0.481 e. The number of ether oxygens (including phenoxy) is 1. The van der Waals surface area contributed by atoms with Gasteiger partial charge < -0.3 is 24.7 Å². The molecule has 1 saturated heterocycles. The number of fused-ring (bicyclic) bond motifs is 1. The number of aliphatic hydroxyl groups excluding tert-OH is 1.